The first-order chi connectivity index (χ1) is 14.3. The van der Waals surface area contributed by atoms with E-state index in [-0.39, 0.29) is 24.0 Å². The fourth-order valence-electron chi connectivity index (χ4n) is 3.47. The Labute approximate surface area is 198 Å². The van der Waals surface area contributed by atoms with E-state index in [9.17, 15) is 0 Å². The minimum absolute atomic E-state index is 0. The second-order valence-corrected chi connectivity index (χ2v) is 7.97. The predicted molar refractivity (Wildman–Crippen MR) is 134 cm³/mol. The van der Waals surface area contributed by atoms with Gasteiger partial charge in [0.15, 0.2) is 5.96 Å². The molecule has 2 N–H and O–H groups in total. The molecule has 4 rings (SSSR count). The zero-order valence-corrected chi connectivity index (χ0v) is 20.2. The number of anilines is 1. The van der Waals surface area contributed by atoms with Gasteiger partial charge in [-0.2, -0.15) is 0 Å². The molecule has 1 aliphatic rings. The van der Waals surface area contributed by atoms with Gasteiger partial charge in [0.1, 0.15) is 12.1 Å². The fourth-order valence-corrected chi connectivity index (χ4v) is 4.26. The van der Waals surface area contributed by atoms with Crippen molar-refractivity contribution in [1.82, 2.24) is 25.2 Å². The van der Waals surface area contributed by atoms with E-state index in [4.69, 9.17) is 4.99 Å². The molecule has 0 aromatic carbocycles. The Bertz CT molecular complexity index is 903. The zero-order chi connectivity index (χ0) is 19.9. The molecule has 0 radical (unpaired) electrons. The van der Waals surface area contributed by atoms with E-state index in [0.29, 0.717) is 12.6 Å². The van der Waals surface area contributed by atoms with Gasteiger partial charge in [-0.25, -0.2) is 15.0 Å². The Balaban J connectivity index is 0.00000256. The van der Waals surface area contributed by atoms with Gasteiger partial charge in [-0.3, -0.25) is 4.57 Å². The Morgan fingerprint density at radius 3 is 2.83 bits per heavy atom. The fraction of sp³-hybridized carbons (Fsp3) is 0.381. The molecule has 1 aliphatic heterocycles. The maximum Gasteiger partial charge on any atom is 0.191 e. The van der Waals surface area contributed by atoms with Crippen LogP contribution in [0.15, 0.2) is 59.6 Å². The van der Waals surface area contributed by atoms with E-state index < -0.39 is 0 Å². The lowest BCUT2D eigenvalue weighted by atomic mass is 10.1. The highest BCUT2D eigenvalue weighted by molar-refractivity contribution is 14.0. The summed E-state index contributed by atoms with van der Waals surface area (Å²) in [7, 11) is 0. The van der Waals surface area contributed by atoms with Gasteiger partial charge >= 0.3 is 0 Å². The quantitative estimate of drug-likeness (QED) is 0.285. The molecule has 0 unspecified atom stereocenters. The zero-order valence-electron chi connectivity index (χ0n) is 17.1. The number of aromatic nitrogens is 3. The topological polar surface area (TPSA) is 70.4 Å². The van der Waals surface area contributed by atoms with E-state index in [0.717, 1.165) is 49.8 Å². The van der Waals surface area contributed by atoms with Crippen molar-refractivity contribution >= 4 is 46.3 Å². The van der Waals surface area contributed by atoms with Gasteiger partial charge < -0.3 is 15.5 Å². The number of imidazole rings is 1. The maximum absolute atomic E-state index is 4.80. The number of thiophene rings is 1. The average molecular weight is 537 g/mol. The summed E-state index contributed by atoms with van der Waals surface area (Å²) in [5.74, 6) is 1.73. The van der Waals surface area contributed by atoms with Crippen LogP contribution in [-0.4, -0.2) is 46.2 Å². The lowest BCUT2D eigenvalue weighted by Gasteiger charge is -2.33. The van der Waals surface area contributed by atoms with Gasteiger partial charge in [0.05, 0.1) is 11.5 Å². The first kappa shape index (κ1) is 22.5. The molecule has 0 spiro atoms. The molecule has 0 aliphatic carbocycles. The van der Waals surface area contributed by atoms with Crippen LogP contribution < -0.4 is 15.5 Å². The number of piperidine rings is 1. The molecule has 0 saturated carbocycles. The summed E-state index contributed by atoms with van der Waals surface area (Å²) < 4.78 is 1.90. The number of aliphatic imine (C=N–C) groups is 1. The molecule has 4 heterocycles. The van der Waals surface area contributed by atoms with Crippen LogP contribution in [0.25, 0.3) is 5.82 Å². The number of hydrogen-bond donors (Lipinski definition) is 2. The predicted octanol–water partition coefficient (Wildman–Crippen LogP) is 3.67. The van der Waals surface area contributed by atoms with Crippen molar-refractivity contribution in [3.8, 4) is 5.82 Å². The van der Waals surface area contributed by atoms with Crippen molar-refractivity contribution in [2.24, 2.45) is 4.99 Å². The third-order valence-corrected chi connectivity index (χ3v) is 5.93. The largest absolute Gasteiger partial charge is 0.363 e. The number of guanidine groups is 1. The summed E-state index contributed by atoms with van der Waals surface area (Å²) in [6.07, 6.45) is 9.45. The van der Waals surface area contributed by atoms with Gasteiger partial charge in [0, 0.05) is 44.3 Å². The van der Waals surface area contributed by atoms with Crippen molar-refractivity contribution in [2.75, 3.05) is 24.5 Å². The molecule has 3 aromatic heterocycles. The van der Waals surface area contributed by atoms with Crippen molar-refractivity contribution in [1.29, 1.82) is 0 Å². The highest BCUT2D eigenvalue weighted by Crippen LogP contribution is 2.24. The van der Waals surface area contributed by atoms with Gasteiger partial charge in [-0.1, -0.05) is 0 Å². The van der Waals surface area contributed by atoms with Crippen LogP contribution in [0, 0.1) is 0 Å². The van der Waals surface area contributed by atoms with Crippen LogP contribution >= 0.6 is 35.3 Å². The van der Waals surface area contributed by atoms with Crippen molar-refractivity contribution in [3.05, 3.63) is 60.1 Å². The minimum atomic E-state index is 0. The molecule has 160 valence electrons. The van der Waals surface area contributed by atoms with E-state index in [1.165, 1.54) is 5.00 Å². The number of nitrogens with zero attached hydrogens (tertiary/aromatic N) is 5. The molecule has 30 heavy (non-hydrogen) atoms. The third-order valence-electron chi connectivity index (χ3n) is 5.00. The molecule has 0 atom stereocenters. The molecule has 9 heteroatoms. The normalized spacial score (nSPS) is 15.0. The standard InChI is InChI=1S/C21H27N7S.HI/c1-2-23-21(26-18-6-10-27(11-7-18)20-4-3-13-29-20)25-15-17-5-8-24-19(14-17)28-12-9-22-16-28;/h3-5,8-9,12-14,16,18H,2,6-7,10-11,15H2,1H3,(H2,23,25,26);1H. The Hall–Kier alpha value is -2.14. The minimum Gasteiger partial charge on any atom is -0.363 e. The SMILES string of the molecule is CCNC(=NCc1ccnc(-n2ccnc2)c1)NC1CCN(c2cccs2)CC1.I. The molecular weight excluding hydrogens is 509 g/mol. The number of nitrogens with one attached hydrogen (secondary N) is 2. The average Bonchev–Trinajstić information content (AvgIpc) is 3.47. The first-order valence-corrected chi connectivity index (χ1v) is 11.0. The van der Waals surface area contributed by atoms with Crippen LogP contribution in [-0.2, 0) is 6.54 Å². The molecule has 0 amide bonds. The summed E-state index contributed by atoms with van der Waals surface area (Å²) >= 11 is 1.82. The van der Waals surface area contributed by atoms with Crippen molar-refractivity contribution < 1.29 is 0 Å². The van der Waals surface area contributed by atoms with Crippen LogP contribution in [0.4, 0.5) is 5.00 Å². The lowest BCUT2D eigenvalue weighted by molar-refractivity contribution is 0.463. The van der Waals surface area contributed by atoms with Crippen molar-refractivity contribution in [3.63, 3.8) is 0 Å². The van der Waals surface area contributed by atoms with E-state index in [2.05, 4.69) is 49.9 Å². The van der Waals surface area contributed by atoms with Gasteiger partial charge in [-0.05, 0) is 55.0 Å². The third kappa shape index (κ3) is 5.94. The molecule has 0 bridgehead atoms. The van der Waals surface area contributed by atoms with Gasteiger partial charge in [0.2, 0.25) is 0 Å². The lowest BCUT2D eigenvalue weighted by Crippen LogP contribution is -2.48. The van der Waals surface area contributed by atoms with Gasteiger partial charge in [0.25, 0.3) is 0 Å². The Kier molecular flexibility index (Phi) is 8.50. The Morgan fingerprint density at radius 1 is 1.27 bits per heavy atom. The Morgan fingerprint density at radius 2 is 2.13 bits per heavy atom. The smallest absolute Gasteiger partial charge is 0.191 e. The van der Waals surface area contributed by atoms with Crippen molar-refractivity contribution in [2.45, 2.75) is 32.4 Å². The van der Waals surface area contributed by atoms with E-state index in [1.54, 1.807) is 12.5 Å². The molecule has 7 nitrogen and oxygen atoms in total. The maximum atomic E-state index is 4.80. The highest BCUT2D eigenvalue weighted by atomic mass is 127. The number of hydrogen-bond acceptors (Lipinski definition) is 5. The summed E-state index contributed by atoms with van der Waals surface area (Å²) in [5.41, 5.74) is 1.12. The second-order valence-electron chi connectivity index (χ2n) is 7.04. The van der Waals surface area contributed by atoms with E-state index >= 15 is 0 Å². The second kappa shape index (κ2) is 11.3. The molecule has 3 aromatic rings. The molecule has 1 fully saturated rings. The van der Waals surface area contributed by atoms with E-state index in [1.807, 2.05) is 40.4 Å². The summed E-state index contributed by atoms with van der Waals surface area (Å²) in [6, 6.07) is 8.83. The molecule has 1 saturated heterocycles. The number of halogens is 1. The molecular formula is C21H28IN7S. The van der Waals surface area contributed by atoms with Crippen LogP contribution in [0.5, 0.6) is 0 Å². The van der Waals surface area contributed by atoms with Crippen LogP contribution in [0.1, 0.15) is 25.3 Å². The van der Waals surface area contributed by atoms with Crippen LogP contribution in [0.3, 0.4) is 0 Å². The van der Waals surface area contributed by atoms with Gasteiger partial charge in [-0.15, -0.1) is 35.3 Å². The summed E-state index contributed by atoms with van der Waals surface area (Å²) in [5, 5.41) is 10.5. The number of pyridine rings is 1. The first-order valence-electron chi connectivity index (χ1n) is 10.1. The highest BCUT2D eigenvalue weighted by Gasteiger charge is 2.20. The number of rotatable bonds is 6. The van der Waals surface area contributed by atoms with Crippen LogP contribution in [0.2, 0.25) is 0 Å². The summed E-state index contributed by atoms with van der Waals surface area (Å²) in [4.78, 5) is 15.8. The summed E-state index contributed by atoms with van der Waals surface area (Å²) in [6.45, 7) is 5.71. The monoisotopic (exact) mass is 537 g/mol.